The number of benzene rings is 1. The fourth-order valence-corrected chi connectivity index (χ4v) is 1.74. The predicted octanol–water partition coefficient (Wildman–Crippen LogP) is 3.43. The Balaban J connectivity index is 2.99. The van der Waals surface area contributed by atoms with Gasteiger partial charge >= 0.3 is 0 Å². The molecule has 0 fully saturated rings. The van der Waals surface area contributed by atoms with Crippen LogP contribution >= 0.6 is 0 Å². The molecular formula is C14H21FN2O. The predicted molar refractivity (Wildman–Crippen MR) is 73.4 cm³/mol. The van der Waals surface area contributed by atoms with Gasteiger partial charge in [0.1, 0.15) is 12.4 Å². The quantitative estimate of drug-likeness (QED) is 0.622. The van der Waals surface area contributed by atoms with E-state index in [1.807, 2.05) is 18.9 Å². The van der Waals surface area contributed by atoms with E-state index in [1.54, 1.807) is 18.5 Å². The molecule has 1 aromatic rings. The van der Waals surface area contributed by atoms with Crippen LogP contribution in [-0.2, 0) is 13.1 Å². The molecule has 1 aromatic carbocycles. The Labute approximate surface area is 108 Å². The molecule has 0 aromatic heterocycles. The van der Waals surface area contributed by atoms with Crippen molar-refractivity contribution < 1.29 is 9.50 Å². The molecule has 4 heteroatoms. The van der Waals surface area contributed by atoms with E-state index in [9.17, 15) is 9.50 Å². The van der Waals surface area contributed by atoms with Crippen molar-refractivity contribution in [2.75, 3.05) is 13.6 Å². The average molecular weight is 252 g/mol. The lowest BCUT2D eigenvalue weighted by Gasteiger charge is -2.12. The van der Waals surface area contributed by atoms with E-state index in [1.165, 1.54) is 0 Å². The molecule has 0 aliphatic heterocycles. The summed E-state index contributed by atoms with van der Waals surface area (Å²) < 4.78 is 12.7. The molecule has 0 bridgehead atoms. The Morgan fingerprint density at radius 2 is 2.06 bits per heavy atom. The van der Waals surface area contributed by atoms with Crippen LogP contribution in [0.15, 0.2) is 17.1 Å². The van der Waals surface area contributed by atoms with E-state index in [4.69, 9.17) is 0 Å². The van der Waals surface area contributed by atoms with Crippen LogP contribution in [0.2, 0.25) is 0 Å². The molecule has 0 aliphatic carbocycles. The first-order chi connectivity index (χ1) is 8.62. The zero-order valence-corrected chi connectivity index (χ0v) is 11.3. The van der Waals surface area contributed by atoms with Crippen LogP contribution in [-0.4, -0.2) is 29.9 Å². The average Bonchev–Trinajstić information content (AvgIpc) is 2.37. The lowest BCUT2D eigenvalue weighted by atomic mass is 10.1. The number of halogens is 1. The first kappa shape index (κ1) is 14.5. The molecule has 0 atom stereocenters. The number of hydrogen-bond acceptors (Lipinski definition) is 2. The summed E-state index contributed by atoms with van der Waals surface area (Å²) in [5, 5.41) is 9.61. The molecule has 0 unspecified atom stereocenters. The molecule has 0 spiro atoms. The lowest BCUT2D eigenvalue weighted by molar-refractivity contribution is 0.432. The van der Waals surface area contributed by atoms with Gasteiger partial charge in [0, 0.05) is 19.2 Å². The summed E-state index contributed by atoms with van der Waals surface area (Å²) in [6.07, 6.45) is 3.55. The van der Waals surface area contributed by atoms with Gasteiger partial charge in [-0.15, -0.1) is 0 Å². The third-order valence-corrected chi connectivity index (χ3v) is 2.78. The standard InChI is InChI=1S/C14H21FN2O/c1-4-6-17(3)10-16-13-7-12(9-15)14(18)8-11(13)5-2/h7-8,10,18H,4-6,9H2,1-3H3. The Morgan fingerprint density at radius 3 is 2.61 bits per heavy atom. The number of nitrogens with zero attached hydrogens (tertiary/aromatic N) is 2. The number of rotatable bonds is 6. The van der Waals surface area contributed by atoms with Crippen LogP contribution in [0.1, 0.15) is 31.4 Å². The number of phenolic OH excluding ortho intramolecular Hbond substituents is 1. The fourth-order valence-electron chi connectivity index (χ4n) is 1.74. The van der Waals surface area contributed by atoms with Gasteiger partial charge in [-0.05, 0) is 30.5 Å². The summed E-state index contributed by atoms with van der Waals surface area (Å²) in [6, 6.07) is 3.21. The Morgan fingerprint density at radius 1 is 1.33 bits per heavy atom. The summed E-state index contributed by atoms with van der Waals surface area (Å²) in [5.74, 6) is 0.00946. The third kappa shape index (κ3) is 3.72. The minimum Gasteiger partial charge on any atom is -0.508 e. The molecule has 0 heterocycles. The van der Waals surface area contributed by atoms with Crippen LogP contribution in [0.4, 0.5) is 10.1 Å². The minimum absolute atomic E-state index is 0.00946. The molecule has 0 radical (unpaired) electrons. The van der Waals surface area contributed by atoms with E-state index in [2.05, 4.69) is 11.9 Å². The molecule has 100 valence electrons. The molecule has 0 saturated heterocycles. The van der Waals surface area contributed by atoms with Gasteiger partial charge < -0.3 is 10.0 Å². The van der Waals surface area contributed by atoms with Crippen molar-refractivity contribution in [1.29, 1.82) is 0 Å². The number of aliphatic imine (C=N–C) groups is 1. The first-order valence-electron chi connectivity index (χ1n) is 6.27. The summed E-state index contributed by atoms with van der Waals surface area (Å²) in [6.45, 7) is 4.34. The van der Waals surface area contributed by atoms with Gasteiger partial charge in [-0.3, -0.25) is 0 Å². The maximum Gasteiger partial charge on any atom is 0.121 e. The number of alkyl halides is 1. The highest BCUT2D eigenvalue weighted by Crippen LogP contribution is 2.29. The summed E-state index contributed by atoms with van der Waals surface area (Å²) in [4.78, 5) is 6.36. The topological polar surface area (TPSA) is 35.8 Å². The smallest absolute Gasteiger partial charge is 0.121 e. The number of phenols is 1. The van der Waals surface area contributed by atoms with Crippen LogP contribution in [0.3, 0.4) is 0 Å². The van der Waals surface area contributed by atoms with E-state index >= 15 is 0 Å². The van der Waals surface area contributed by atoms with Gasteiger partial charge in [0.05, 0.1) is 12.0 Å². The van der Waals surface area contributed by atoms with Gasteiger partial charge in [0.15, 0.2) is 0 Å². The molecule has 1 N–H and O–H groups in total. The SMILES string of the molecule is CCCN(C)C=Nc1cc(CF)c(O)cc1CC. The Bertz CT molecular complexity index is 419. The maximum absolute atomic E-state index is 12.7. The van der Waals surface area contributed by atoms with Crippen molar-refractivity contribution in [1.82, 2.24) is 4.90 Å². The van der Waals surface area contributed by atoms with Crippen molar-refractivity contribution in [2.45, 2.75) is 33.4 Å². The fraction of sp³-hybridized carbons (Fsp3) is 0.500. The monoisotopic (exact) mass is 252 g/mol. The van der Waals surface area contributed by atoms with Crippen molar-refractivity contribution in [3.63, 3.8) is 0 Å². The summed E-state index contributed by atoms with van der Waals surface area (Å²) in [7, 11) is 1.95. The first-order valence-corrected chi connectivity index (χ1v) is 6.27. The Hall–Kier alpha value is -1.58. The van der Waals surface area contributed by atoms with Gasteiger partial charge in [-0.2, -0.15) is 0 Å². The second-order valence-corrected chi connectivity index (χ2v) is 4.32. The van der Waals surface area contributed by atoms with E-state index in [0.29, 0.717) is 0 Å². The van der Waals surface area contributed by atoms with Crippen LogP contribution < -0.4 is 0 Å². The van der Waals surface area contributed by atoms with Crippen molar-refractivity contribution in [3.05, 3.63) is 23.3 Å². The highest BCUT2D eigenvalue weighted by Gasteiger charge is 2.07. The zero-order chi connectivity index (χ0) is 13.5. The van der Waals surface area contributed by atoms with E-state index < -0.39 is 6.67 Å². The van der Waals surface area contributed by atoms with Gasteiger partial charge in [0.2, 0.25) is 0 Å². The van der Waals surface area contributed by atoms with Crippen molar-refractivity contribution in [3.8, 4) is 5.75 Å². The highest BCUT2D eigenvalue weighted by atomic mass is 19.1. The normalized spacial score (nSPS) is 11.1. The molecule has 18 heavy (non-hydrogen) atoms. The number of aryl methyl sites for hydroxylation is 1. The largest absolute Gasteiger partial charge is 0.508 e. The highest BCUT2D eigenvalue weighted by molar-refractivity contribution is 5.64. The molecule has 0 amide bonds. The molecule has 1 rings (SSSR count). The molecule has 0 aliphatic rings. The van der Waals surface area contributed by atoms with Gasteiger partial charge in [-0.25, -0.2) is 9.38 Å². The van der Waals surface area contributed by atoms with Gasteiger partial charge in [-0.1, -0.05) is 13.8 Å². The summed E-state index contributed by atoms with van der Waals surface area (Å²) >= 11 is 0. The molecule has 3 nitrogen and oxygen atoms in total. The molecular weight excluding hydrogens is 231 g/mol. The van der Waals surface area contributed by atoms with Crippen LogP contribution in [0, 0.1) is 0 Å². The van der Waals surface area contributed by atoms with E-state index in [-0.39, 0.29) is 11.3 Å². The number of hydrogen-bond donors (Lipinski definition) is 1. The van der Waals surface area contributed by atoms with Crippen LogP contribution in [0.25, 0.3) is 0 Å². The van der Waals surface area contributed by atoms with Crippen molar-refractivity contribution >= 4 is 12.0 Å². The van der Waals surface area contributed by atoms with E-state index in [0.717, 1.165) is 30.6 Å². The molecule has 0 saturated carbocycles. The summed E-state index contributed by atoms with van der Waals surface area (Å²) in [5.41, 5.74) is 1.94. The second-order valence-electron chi connectivity index (χ2n) is 4.32. The second kappa shape index (κ2) is 6.99. The number of aromatic hydroxyl groups is 1. The Kier molecular flexibility index (Phi) is 5.62. The van der Waals surface area contributed by atoms with Crippen LogP contribution in [0.5, 0.6) is 5.75 Å². The maximum atomic E-state index is 12.7. The lowest BCUT2D eigenvalue weighted by Crippen LogP contribution is -2.16. The zero-order valence-electron chi connectivity index (χ0n) is 11.3. The third-order valence-electron chi connectivity index (χ3n) is 2.78. The van der Waals surface area contributed by atoms with Gasteiger partial charge in [0.25, 0.3) is 0 Å². The van der Waals surface area contributed by atoms with Crippen molar-refractivity contribution in [2.24, 2.45) is 4.99 Å². The minimum atomic E-state index is -0.677.